The Bertz CT molecular complexity index is 432. The van der Waals surface area contributed by atoms with E-state index in [1.165, 1.54) is 5.57 Å². The standard InChI is InChI=1S/C16H29N5/c1-6-11-21(12-9-10-17)16(13(4)7-2)20-19-15(8-3)14(5)18/h6,8,11,18,20H,3,7,9-10,12,17H2,1-2,4-5H3/b11-6-,16-13-,18-14?,19-15?. The molecule has 0 aromatic carbocycles. The first-order valence-corrected chi connectivity index (χ1v) is 7.32. The van der Waals surface area contributed by atoms with Gasteiger partial charge >= 0.3 is 0 Å². The summed E-state index contributed by atoms with van der Waals surface area (Å²) in [6.45, 7) is 13.0. The van der Waals surface area contributed by atoms with Crippen molar-refractivity contribution in [2.24, 2.45) is 10.8 Å². The fourth-order valence-electron chi connectivity index (χ4n) is 1.67. The summed E-state index contributed by atoms with van der Waals surface area (Å²) in [7, 11) is 0. The van der Waals surface area contributed by atoms with Crippen molar-refractivity contribution < 1.29 is 0 Å². The summed E-state index contributed by atoms with van der Waals surface area (Å²) >= 11 is 0. The maximum Gasteiger partial charge on any atom is 0.125 e. The van der Waals surface area contributed by atoms with Crippen molar-refractivity contribution in [2.75, 3.05) is 13.1 Å². The Morgan fingerprint density at radius 1 is 1.43 bits per heavy atom. The SMILES string of the molecule is C=CC(=NN/C(=C(\C)CC)N(/C=C\C)CCCN)C(C)=N. The summed E-state index contributed by atoms with van der Waals surface area (Å²) < 4.78 is 0. The van der Waals surface area contributed by atoms with Crippen molar-refractivity contribution >= 4 is 11.4 Å². The second-order valence-corrected chi connectivity index (χ2v) is 4.74. The molecule has 0 bridgehead atoms. The second-order valence-electron chi connectivity index (χ2n) is 4.74. The molecule has 0 rings (SSSR count). The van der Waals surface area contributed by atoms with Gasteiger partial charge in [0.05, 0.1) is 5.71 Å². The van der Waals surface area contributed by atoms with E-state index in [4.69, 9.17) is 11.1 Å². The van der Waals surface area contributed by atoms with E-state index in [0.717, 1.165) is 25.2 Å². The van der Waals surface area contributed by atoms with E-state index < -0.39 is 0 Å². The lowest BCUT2D eigenvalue weighted by atomic mass is 10.2. The van der Waals surface area contributed by atoms with Gasteiger partial charge in [0.15, 0.2) is 0 Å². The summed E-state index contributed by atoms with van der Waals surface area (Å²) in [5.41, 5.74) is 10.8. The van der Waals surface area contributed by atoms with Crippen LogP contribution in [0.15, 0.2) is 41.4 Å². The highest BCUT2D eigenvalue weighted by Gasteiger charge is 2.09. The first-order chi connectivity index (χ1) is 10.0. The molecule has 0 heterocycles. The summed E-state index contributed by atoms with van der Waals surface area (Å²) in [6, 6.07) is 0. The monoisotopic (exact) mass is 291 g/mol. The molecular formula is C16H29N5. The van der Waals surface area contributed by atoms with Crippen molar-refractivity contribution in [1.29, 1.82) is 5.41 Å². The van der Waals surface area contributed by atoms with Crippen molar-refractivity contribution in [3.05, 3.63) is 36.3 Å². The lowest BCUT2D eigenvalue weighted by Crippen LogP contribution is -2.29. The zero-order valence-electron chi connectivity index (χ0n) is 13.7. The number of hydrogen-bond donors (Lipinski definition) is 3. The summed E-state index contributed by atoms with van der Waals surface area (Å²) in [6.07, 6.45) is 7.39. The fourth-order valence-corrected chi connectivity index (χ4v) is 1.67. The molecule has 0 saturated heterocycles. The maximum absolute atomic E-state index is 7.65. The third-order valence-electron chi connectivity index (χ3n) is 3.01. The van der Waals surface area contributed by atoms with E-state index in [2.05, 4.69) is 35.9 Å². The molecule has 0 atom stereocenters. The molecule has 0 unspecified atom stereocenters. The molecule has 5 nitrogen and oxygen atoms in total. The second kappa shape index (κ2) is 10.9. The molecule has 0 aromatic rings. The average molecular weight is 291 g/mol. The number of hydrogen-bond acceptors (Lipinski definition) is 5. The molecule has 0 aromatic heterocycles. The Labute approximate surface area is 128 Å². The quantitative estimate of drug-likeness (QED) is 0.428. The van der Waals surface area contributed by atoms with Gasteiger partial charge in [0, 0.05) is 12.7 Å². The molecular weight excluding hydrogens is 262 g/mol. The third kappa shape index (κ3) is 6.90. The van der Waals surface area contributed by atoms with Crippen LogP contribution >= 0.6 is 0 Å². The highest BCUT2D eigenvalue weighted by atomic mass is 15.4. The summed E-state index contributed by atoms with van der Waals surface area (Å²) in [5.74, 6) is 0.935. The van der Waals surface area contributed by atoms with Crippen molar-refractivity contribution in [2.45, 2.75) is 40.5 Å². The van der Waals surface area contributed by atoms with Crippen molar-refractivity contribution in [1.82, 2.24) is 10.3 Å². The average Bonchev–Trinajstić information content (AvgIpc) is 2.47. The van der Waals surface area contributed by atoms with Gasteiger partial charge in [-0.15, -0.1) is 0 Å². The molecule has 0 amide bonds. The zero-order valence-corrected chi connectivity index (χ0v) is 13.7. The lowest BCUT2D eigenvalue weighted by Gasteiger charge is -2.25. The van der Waals surface area contributed by atoms with Gasteiger partial charge in [-0.2, -0.15) is 5.10 Å². The Morgan fingerprint density at radius 2 is 2.10 bits per heavy atom. The molecule has 0 fully saturated rings. The molecule has 0 aliphatic rings. The van der Waals surface area contributed by atoms with Gasteiger partial charge in [-0.1, -0.05) is 19.6 Å². The topological polar surface area (TPSA) is 77.5 Å². The molecule has 4 N–H and O–H groups in total. The number of nitrogens with one attached hydrogen (secondary N) is 2. The van der Waals surface area contributed by atoms with E-state index in [1.54, 1.807) is 13.0 Å². The molecule has 0 aliphatic carbocycles. The van der Waals surface area contributed by atoms with Gasteiger partial charge in [0.1, 0.15) is 11.5 Å². The molecule has 118 valence electrons. The highest BCUT2D eigenvalue weighted by molar-refractivity contribution is 6.44. The predicted molar refractivity (Wildman–Crippen MR) is 92.4 cm³/mol. The first-order valence-electron chi connectivity index (χ1n) is 7.32. The number of allylic oxidation sites excluding steroid dienone is 3. The first kappa shape index (κ1) is 19.1. The number of hydrazone groups is 1. The van der Waals surface area contributed by atoms with Crippen LogP contribution < -0.4 is 11.2 Å². The van der Waals surface area contributed by atoms with Crippen LogP contribution in [0.4, 0.5) is 0 Å². The van der Waals surface area contributed by atoms with Crippen LogP contribution in [0.25, 0.3) is 0 Å². The highest BCUT2D eigenvalue weighted by Crippen LogP contribution is 2.12. The van der Waals surface area contributed by atoms with Crippen LogP contribution in [-0.2, 0) is 0 Å². The van der Waals surface area contributed by atoms with Crippen molar-refractivity contribution in [3.63, 3.8) is 0 Å². The van der Waals surface area contributed by atoms with Crippen LogP contribution in [0.1, 0.15) is 40.5 Å². The third-order valence-corrected chi connectivity index (χ3v) is 3.01. The van der Waals surface area contributed by atoms with Gasteiger partial charge < -0.3 is 16.0 Å². The van der Waals surface area contributed by atoms with Gasteiger partial charge in [0.25, 0.3) is 0 Å². The van der Waals surface area contributed by atoms with E-state index in [9.17, 15) is 0 Å². The largest absolute Gasteiger partial charge is 0.334 e. The maximum atomic E-state index is 7.65. The van der Waals surface area contributed by atoms with E-state index in [0.29, 0.717) is 18.0 Å². The molecule has 0 radical (unpaired) electrons. The van der Waals surface area contributed by atoms with Crippen LogP contribution in [0.3, 0.4) is 0 Å². The smallest absolute Gasteiger partial charge is 0.125 e. The fraction of sp³-hybridized carbons (Fsp3) is 0.500. The Morgan fingerprint density at radius 3 is 2.52 bits per heavy atom. The molecule has 5 heteroatoms. The normalized spacial score (nSPS) is 13.1. The summed E-state index contributed by atoms with van der Waals surface area (Å²) in [4.78, 5) is 2.11. The van der Waals surface area contributed by atoms with E-state index >= 15 is 0 Å². The van der Waals surface area contributed by atoms with Gasteiger partial charge in [-0.3, -0.25) is 5.43 Å². The molecule has 0 spiro atoms. The van der Waals surface area contributed by atoms with Gasteiger partial charge in [0.2, 0.25) is 0 Å². The minimum Gasteiger partial charge on any atom is -0.334 e. The number of rotatable bonds is 10. The van der Waals surface area contributed by atoms with E-state index in [1.807, 2.05) is 19.2 Å². The Hall–Kier alpha value is -1.88. The molecule has 21 heavy (non-hydrogen) atoms. The predicted octanol–water partition coefficient (Wildman–Crippen LogP) is 2.98. The minimum absolute atomic E-state index is 0.380. The van der Waals surface area contributed by atoms with Crippen LogP contribution in [-0.4, -0.2) is 29.4 Å². The van der Waals surface area contributed by atoms with Gasteiger partial charge in [-0.25, -0.2) is 0 Å². The van der Waals surface area contributed by atoms with Gasteiger partial charge in [-0.05, 0) is 51.8 Å². The van der Waals surface area contributed by atoms with Crippen LogP contribution in [0.5, 0.6) is 0 Å². The van der Waals surface area contributed by atoms with E-state index in [-0.39, 0.29) is 0 Å². The minimum atomic E-state index is 0.380. The number of nitrogens with zero attached hydrogens (tertiary/aromatic N) is 2. The van der Waals surface area contributed by atoms with Crippen LogP contribution in [0.2, 0.25) is 0 Å². The van der Waals surface area contributed by atoms with Crippen LogP contribution in [0, 0.1) is 5.41 Å². The Kier molecular flexibility index (Phi) is 9.88. The molecule has 0 saturated carbocycles. The zero-order chi connectivity index (χ0) is 16.3. The molecule has 0 aliphatic heterocycles. The Balaban J connectivity index is 5.37. The number of nitrogens with two attached hydrogens (primary N) is 1. The lowest BCUT2D eigenvalue weighted by molar-refractivity contribution is 0.414. The van der Waals surface area contributed by atoms with Crippen molar-refractivity contribution in [3.8, 4) is 0 Å². The summed E-state index contributed by atoms with van der Waals surface area (Å²) in [5, 5.41) is 11.9.